The molecule has 3 heteroatoms. The molecule has 2 nitrogen and oxygen atoms in total. The highest BCUT2D eigenvalue weighted by atomic mass is 79.9. The first kappa shape index (κ1) is 13.2. The molecule has 0 heterocycles. The second-order valence-electron chi connectivity index (χ2n) is 4.48. The van der Waals surface area contributed by atoms with E-state index in [1.165, 1.54) is 0 Å². The number of carbonyl (C=O) groups excluding carboxylic acids is 1. The molecule has 0 aliphatic rings. The Hall–Kier alpha value is -0.830. The lowest BCUT2D eigenvalue weighted by molar-refractivity contribution is -0.125. The summed E-state index contributed by atoms with van der Waals surface area (Å²) in [4.78, 5) is 12.3. The number of halogens is 1. The Labute approximate surface area is 106 Å². The molecule has 0 aliphatic heterocycles. The molecule has 0 saturated carbocycles. The fraction of sp³-hybridized carbons (Fsp3) is 0.462. The van der Waals surface area contributed by atoms with E-state index in [4.69, 9.17) is 0 Å². The van der Waals surface area contributed by atoms with Crippen molar-refractivity contribution in [3.63, 3.8) is 0 Å². The fourth-order valence-corrected chi connectivity index (χ4v) is 1.60. The molecular formula is C13H18BrNO. The van der Waals surface area contributed by atoms with Gasteiger partial charge in [-0.2, -0.15) is 0 Å². The standard InChI is InChI=1S/C13H18BrNO/c1-10(14)9-15-12(16)13(2,3)11-7-5-4-6-8-11/h4-8,10H,9H2,1-3H3,(H,15,16). The van der Waals surface area contributed by atoms with Crippen LogP contribution >= 0.6 is 15.9 Å². The van der Waals surface area contributed by atoms with Gasteiger partial charge in [-0.25, -0.2) is 0 Å². The van der Waals surface area contributed by atoms with Crippen molar-refractivity contribution in [2.75, 3.05) is 6.54 Å². The summed E-state index contributed by atoms with van der Waals surface area (Å²) >= 11 is 3.41. The lowest BCUT2D eigenvalue weighted by Crippen LogP contribution is -2.41. The Morgan fingerprint density at radius 3 is 2.44 bits per heavy atom. The number of hydrogen-bond donors (Lipinski definition) is 1. The Morgan fingerprint density at radius 2 is 1.94 bits per heavy atom. The van der Waals surface area contributed by atoms with Crippen molar-refractivity contribution in [3.8, 4) is 0 Å². The molecule has 1 aromatic rings. The molecule has 0 radical (unpaired) electrons. The molecule has 1 rings (SSSR count). The summed E-state index contributed by atoms with van der Waals surface area (Å²) in [5, 5.41) is 2.94. The molecular weight excluding hydrogens is 266 g/mol. The summed E-state index contributed by atoms with van der Waals surface area (Å²) in [5.74, 6) is 0.0602. The van der Waals surface area contributed by atoms with Gasteiger partial charge >= 0.3 is 0 Å². The van der Waals surface area contributed by atoms with E-state index in [0.717, 1.165) is 5.56 Å². The Kier molecular flexibility index (Phi) is 4.54. The SMILES string of the molecule is CC(Br)CNC(=O)C(C)(C)c1ccccc1. The lowest BCUT2D eigenvalue weighted by atomic mass is 9.84. The van der Waals surface area contributed by atoms with E-state index in [9.17, 15) is 4.79 Å². The van der Waals surface area contributed by atoms with Crippen LogP contribution in [0.15, 0.2) is 30.3 Å². The van der Waals surface area contributed by atoms with Crippen LogP contribution in [0.25, 0.3) is 0 Å². The monoisotopic (exact) mass is 283 g/mol. The first-order valence-electron chi connectivity index (χ1n) is 5.42. The first-order valence-corrected chi connectivity index (χ1v) is 6.34. The molecule has 1 aromatic carbocycles. The lowest BCUT2D eigenvalue weighted by Gasteiger charge is -2.24. The van der Waals surface area contributed by atoms with Gasteiger partial charge in [0.25, 0.3) is 0 Å². The first-order chi connectivity index (χ1) is 7.44. The number of carbonyl (C=O) groups is 1. The summed E-state index contributed by atoms with van der Waals surface area (Å²) in [6, 6.07) is 9.83. The topological polar surface area (TPSA) is 29.1 Å². The number of hydrogen-bond acceptors (Lipinski definition) is 1. The maximum atomic E-state index is 12.0. The number of rotatable bonds is 4. The van der Waals surface area contributed by atoms with Gasteiger partial charge in [0.05, 0.1) is 5.41 Å². The van der Waals surface area contributed by atoms with Crippen molar-refractivity contribution >= 4 is 21.8 Å². The predicted octanol–water partition coefficient (Wildman–Crippen LogP) is 2.86. The van der Waals surface area contributed by atoms with Crippen LogP contribution in [0.4, 0.5) is 0 Å². The molecule has 0 aromatic heterocycles. The molecule has 1 N–H and O–H groups in total. The molecule has 0 spiro atoms. The largest absolute Gasteiger partial charge is 0.354 e. The predicted molar refractivity (Wildman–Crippen MR) is 70.9 cm³/mol. The van der Waals surface area contributed by atoms with Gasteiger partial charge in [-0.05, 0) is 19.4 Å². The summed E-state index contributed by atoms with van der Waals surface area (Å²) in [6.45, 7) is 6.54. The van der Waals surface area contributed by atoms with Crippen LogP contribution in [0.5, 0.6) is 0 Å². The summed E-state index contributed by atoms with van der Waals surface area (Å²) in [7, 11) is 0. The van der Waals surface area contributed by atoms with Crippen LogP contribution in [-0.2, 0) is 10.2 Å². The number of benzene rings is 1. The molecule has 16 heavy (non-hydrogen) atoms. The molecule has 1 atom stereocenters. The van der Waals surface area contributed by atoms with E-state index in [2.05, 4.69) is 21.2 Å². The average molecular weight is 284 g/mol. The smallest absolute Gasteiger partial charge is 0.230 e. The molecule has 1 amide bonds. The van der Waals surface area contributed by atoms with Gasteiger partial charge < -0.3 is 5.32 Å². The van der Waals surface area contributed by atoms with E-state index in [1.807, 2.05) is 51.1 Å². The van der Waals surface area contributed by atoms with E-state index in [1.54, 1.807) is 0 Å². The molecule has 1 unspecified atom stereocenters. The van der Waals surface area contributed by atoms with Crippen molar-refractivity contribution in [3.05, 3.63) is 35.9 Å². The van der Waals surface area contributed by atoms with Crippen molar-refractivity contribution in [1.29, 1.82) is 0 Å². The highest BCUT2D eigenvalue weighted by Crippen LogP contribution is 2.22. The van der Waals surface area contributed by atoms with Gasteiger partial charge in [0.15, 0.2) is 0 Å². The normalized spacial score (nSPS) is 13.2. The van der Waals surface area contributed by atoms with Crippen LogP contribution in [-0.4, -0.2) is 17.3 Å². The Balaban J connectivity index is 2.74. The molecule has 88 valence electrons. The second-order valence-corrected chi connectivity index (χ2v) is 6.04. The molecule has 0 fully saturated rings. The number of amides is 1. The summed E-state index contributed by atoms with van der Waals surface area (Å²) in [6.07, 6.45) is 0. The number of nitrogens with one attached hydrogen (secondary N) is 1. The van der Waals surface area contributed by atoms with Crippen LogP contribution < -0.4 is 5.32 Å². The van der Waals surface area contributed by atoms with Crippen LogP contribution in [0, 0.1) is 0 Å². The summed E-state index contributed by atoms with van der Waals surface area (Å²) < 4.78 is 0. The van der Waals surface area contributed by atoms with Gasteiger partial charge in [-0.15, -0.1) is 0 Å². The average Bonchev–Trinajstić information content (AvgIpc) is 2.27. The van der Waals surface area contributed by atoms with Crippen molar-refractivity contribution in [1.82, 2.24) is 5.32 Å². The zero-order chi connectivity index (χ0) is 12.2. The van der Waals surface area contributed by atoms with Crippen molar-refractivity contribution in [2.45, 2.75) is 31.0 Å². The van der Waals surface area contributed by atoms with Gasteiger partial charge in [0, 0.05) is 11.4 Å². The molecule has 0 bridgehead atoms. The second kappa shape index (κ2) is 5.48. The highest BCUT2D eigenvalue weighted by molar-refractivity contribution is 9.09. The minimum atomic E-state index is -0.483. The van der Waals surface area contributed by atoms with E-state index >= 15 is 0 Å². The zero-order valence-corrected chi connectivity index (χ0v) is 11.5. The maximum Gasteiger partial charge on any atom is 0.230 e. The van der Waals surface area contributed by atoms with Crippen LogP contribution in [0.2, 0.25) is 0 Å². The van der Waals surface area contributed by atoms with E-state index < -0.39 is 5.41 Å². The zero-order valence-electron chi connectivity index (χ0n) is 9.96. The van der Waals surface area contributed by atoms with E-state index in [0.29, 0.717) is 11.4 Å². The van der Waals surface area contributed by atoms with Crippen molar-refractivity contribution in [2.24, 2.45) is 0 Å². The van der Waals surface area contributed by atoms with Crippen molar-refractivity contribution < 1.29 is 4.79 Å². The maximum absolute atomic E-state index is 12.0. The Morgan fingerprint density at radius 1 is 1.38 bits per heavy atom. The van der Waals surface area contributed by atoms with Crippen LogP contribution in [0.3, 0.4) is 0 Å². The molecule has 0 aliphatic carbocycles. The molecule has 0 saturated heterocycles. The van der Waals surface area contributed by atoms with Gasteiger partial charge in [-0.3, -0.25) is 4.79 Å². The highest BCUT2D eigenvalue weighted by Gasteiger charge is 2.29. The van der Waals surface area contributed by atoms with E-state index in [-0.39, 0.29) is 5.91 Å². The third-order valence-corrected chi connectivity index (χ3v) is 2.93. The quantitative estimate of drug-likeness (QED) is 0.846. The minimum Gasteiger partial charge on any atom is -0.354 e. The Bertz CT molecular complexity index is 346. The third-order valence-electron chi connectivity index (χ3n) is 2.61. The third kappa shape index (κ3) is 3.34. The van der Waals surface area contributed by atoms with Gasteiger partial charge in [-0.1, -0.05) is 53.2 Å². The summed E-state index contributed by atoms with van der Waals surface area (Å²) in [5.41, 5.74) is 0.554. The fourth-order valence-electron chi connectivity index (χ4n) is 1.44. The minimum absolute atomic E-state index is 0.0602. The van der Waals surface area contributed by atoms with Gasteiger partial charge in [0.2, 0.25) is 5.91 Å². The number of alkyl halides is 1. The van der Waals surface area contributed by atoms with Crippen LogP contribution in [0.1, 0.15) is 26.3 Å². The van der Waals surface area contributed by atoms with Gasteiger partial charge in [0.1, 0.15) is 0 Å².